The molecule has 0 atom stereocenters. The summed E-state index contributed by atoms with van der Waals surface area (Å²) in [5.74, 6) is 1.88. The van der Waals surface area contributed by atoms with Crippen molar-refractivity contribution in [3.8, 4) is 11.5 Å². The van der Waals surface area contributed by atoms with Crippen LogP contribution in [0.2, 0.25) is 0 Å². The fraction of sp³-hybridized carbons (Fsp3) is 0.700. The Kier molecular flexibility index (Phi) is 9.00. The van der Waals surface area contributed by atoms with Gasteiger partial charge in [-0.1, -0.05) is 38.5 Å². The normalized spacial score (nSPS) is 16.6. The Labute approximate surface area is 146 Å². The molecule has 0 heterocycles. The summed E-state index contributed by atoms with van der Waals surface area (Å²) in [5, 5.41) is 0. The highest BCUT2D eigenvalue weighted by molar-refractivity contribution is 5.47. The van der Waals surface area contributed by atoms with Crippen molar-refractivity contribution >= 4 is 0 Å². The molecule has 0 amide bonds. The molecule has 0 fully saturated rings. The molecule has 4 heteroatoms. The first kappa shape index (κ1) is 19.1. The van der Waals surface area contributed by atoms with E-state index < -0.39 is 0 Å². The van der Waals surface area contributed by atoms with Crippen LogP contribution in [0, 0.1) is 0 Å². The van der Waals surface area contributed by atoms with Crippen molar-refractivity contribution in [3.63, 3.8) is 0 Å². The van der Waals surface area contributed by atoms with Crippen LogP contribution in [-0.4, -0.2) is 27.8 Å². The Morgan fingerprint density at radius 2 is 1.00 bits per heavy atom. The van der Waals surface area contributed by atoms with E-state index >= 15 is 0 Å². The molecule has 2 aliphatic rings. The molecule has 0 N–H and O–H groups in total. The van der Waals surface area contributed by atoms with Crippen LogP contribution in [-0.2, 0) is 22.3 Å². The van der Waals surface area contributed by atoms with Crippen LogP contribution in [0.5, 0.6) is 11.5 Å². The number of rotatable bonds is 6. The Morgan fingerprint density at radius 3 is 1.38 bits per heavy atom. The molecule has 0 saturated carbocycles. The van der Waals surface area contributed by atoms with E-state index in [2.05, 4.69) is 12.1 Å². The minimum Gasteiger partial charge on any atom is -0.467 e. The van der Waals surface area contributed by atoms with Crippen molar-refractivity contribution in [1.29, 1.82) is 0 Å². The topological polar surface area (TPSA) is 36.9 Å². The molecule has 24 heavy (non-hydrogen) atoms. The van der Waals surface area contributed by atoms with Crippen LogP contribution in [0.1, 0.15) is 62.5 Å². The number of methoxy groups -OCH3 is 2. The SMILES string of the molecule is COCOc1cc2c(OCOC)cc1CCCCCCCCCC2. The maximum absolute atomic E-state index is 5.83. The number of hydrogen-bond acceptors (Lipinski definition) is 4. The monoisotopic (exact) mass is 336 g/mol. The lowest BCUT2D eigenvalue weighted by Crippen LogP contribution is -2.07. The lowest BCUT2D eigenvalue weighted by molar-refractivity contribution is 0.0472. The van der Waals surface area contributed by atoms with Crippen molar-refractivity contribution in [1.82, 2.24) is 0 Å². The molecule has 2 bridgehead atoms. The quantitative estimate of drug-likeness (QED) is 0.694. The zero-order chi connectivity index (χ0) is 17.0. The lowest BCUT2D eigenvalue weighted by atomic mass is 9.97. The summed E-state index contributed by atoms with van der Waals surface area (Å²) in [7, 11) is 3.31. The van der Waals surface area contributed by atoms with Gasteiger partial charge in [0.25, 0.3) is 0 Å². The highest BCUT2D eigenvalue weighted by Gasteiger charge is 2.13. The van der Waals surface area contributed by atoms with E-state index in [4.69, 9.17) is 18.9 Å². The van der Waals surface area contributed by atoms with E-state index in [9.17, 15) is 0 Å². The van der Waals surface area contributed by atoms with Crippen LogP contribution in [0.15, 0.2) is 12.1 Å². The number of aryl methyl sites for hydroxylation is 2. The second kappa shape index (κ2) is 11.3. The van der Waals surface area contributed by atoms with Crippen LogP contribution >= 0.6 is 0 Å². The fourth-order valence-corrected chi connectivity index (χ4v) is 3.24. The Morgan fingerprint density at radius 1 is 0.625 bits per heavy atom. The third kappa shape index (κ3) is 6.33. The van der Waals surface area contributed by atoms with Gasteiger partial charge in [0.2, 0.25) is 0 Å². The molecule has 0 aliphatic heterocycles. The van der Waals surface area contributed by atoms with E-state index in [0.717, 1.165) is 24.3 Å². The number of ether oxygens (including phenoxy) is 4. The summed E-state index contributed by atoms with van der Waals surface area (Å²) in [6, 6.07) is 4.29. The van der Waals surface area contributed by atoms with Gasteiger partial charge in [-0.15, -0.1) is 0 Å². The predicted octanol–water partition coefficient (Wildman–Crippen LogP) is 4.87. The molecule has 0 radical (unpaired) electrons. The molecule has 0 spiro atoms. The second-order valence-electron chi connectivity index (χ2n) is 6.50. The Bertz CT molecular complexity index is 429. The van der Waals surface area contributed by atoms with Gasteiger partial charge in [-0.25, -0.2) is 0 Å². The van der Waals surface area contributed by atoms with Gasteiger partial charge in [-0.3, -0.25) is 0 Å². The van der Waals surface area contributed by atoms with Crippen molar-refractivity contribution in [2.24, 2.45) is 0 Å². The fourth-order valence-electron chi connectivity index (χ4n) is 3.24. The third-order valence-corrected chi connectivity index (χ3v) is 4.55. The first-order valence-corrected chi connectivity index (χ1v) is 9.24. The van der Waals surface area contributed by atoms with Gasteiger partial charge in [-0.2, -0.15) is 0 Å². The third-order valence-electron chi connectivity index (χ3n) is 4.55. The maximum atomic E-state index is 5.83. The molecule has 0 aromatic heterocycles. The van der Waals surface area contributed by atoms with Crippen LogP contribution < -0.4 is 9.47 Å². The summed E-state index contributed by atoms with van der Waals surface area (Å²) in [6.07, 6.45) is 12.4. The zero-order valence-electron chi connectivity index (χ0n) is 15.3. The summed E-state index contributed by atoms with van der Waals surface area (Å²) in [6.45, 7) is 0.565. The van der Waals surface area contributed by atoms with Gasteiger partial charge in [0.15, 0.2) is 13.6 Å². The first-order chi connectivity index (χ1) is 11.8. The molecule has 1 aromatic carbocycles. The standard InChI is InChI=1S/C20H32O4/c1-21-15-23-19-13-18-12-10-8-6-4-3-5-7-9-11-17(19)14-20(18)24-16-22-2/h13-14H,3-12,15-16H2,1-2H3. The highest BCUT2D eigenvalue weighted by Crippen LogP contribution is 2.32. The summed E-state index contributed by atoms with van der Waals surface area (Å²) >= 11 is 0. The van der Waals surface area contributed by atoms with E-state index in [1.54, 1.807) is 14.2 Å². The van der Waals surface area contributed by atoms with Gasteiger partial charge in [0, 0.05) is 14.2 Å². The number of hydrogen-bond donors (Lipinski definition) is 0. The van der Waals surface area contributed by atoms with E-state index in [1.165, 1.54) is 62.5 Å². The smallest absolute Gasteiger partial charge is 0.188 e. The van der Waals surface area contributed by atoms with Gasteiger partial charge in [0.05, 0.1) is 0 Å². The lowest BCUT2D eigenvalue weighted by Gasteiger charge is -2.18. The number of fused-ring (bicyclic) bond motifs is 11. The van der Waals surface area contributed by atoms with Crippen molar-refractivity contribution < 1.29 is 18.9 Å². The summed E-state index contributed by atoms with van der Waals surface area (Å²) in [5.41, 5.74) is 2.41. The average molecular weight is 336 g/mol. The molecule has 136 valence electrons. The zero-order valence-corrected chi connectivity index (χ0v) is 15.3. The predicted molar refractivity (Wildman–Crippen MR) is 95.8 cm³/mol. The molecule has 4 nitrogen and oxygen atoms in total. The van der Waals surface area contributed by atoms with Crippen LogP contribution in [0.4, 0.5) is 0 Å². The van der Waals surface area contributed by atoms with Crippen molar-refractivity contribution in [2.45, 2.75) is 64.2 Å². The Hall–Kier alpha value is -1.26. The van der Waals surface area contributed by atoms with Gasteiger partial charge in [0.1, 0.15) is 11.5 Å². The molecular weight excluding hydrogens is 304 g/mol. The van der Waals surface area contributed by atoms with Crippen LogP contribution in [0.25, 0.3) is 0 Å². The van der Waals surface area contributed by atoms with Gasteiger partial charge < -0.3 is 18.9 Å². The minimum absolute atomic E-state index is 0.282. The summed E-state index contributed by atoms with van der Waals surface area (Å²) < 4.78 is 21.8. The Balaban J connectivity index is 2.23. The van der Waals surface area contributed by atoms with Crippen molar-refractivity contribution in [2.75, 3.05) is 27.8 Å². The maximum Gasteiger partial charge on any atom is 0.188 e. The first-order valence-electron chi connectivity index (χ1n) is 9.24. The van der Waals surface area contributed by atoms with E-state index in [0.29, 0.717) is 0 Å². The van der Waals surface area contributed by atoms with E-state index in [1.807, 2.05) is 0 Å². The van der Waals surface area contributed by atoms with Crippen molar-refractivity contribution in [3.05, 3.63) is 23.3 Å². The molecule has 3 rings (SSSR count). The van der Waals surface area contributed by atoms with Gasteiger partial charge in [-0.05, 0) is 48.9 Å². The molecular formula is C20H32O4. The largest absolute Gasteiger partial charge is 0.467 e. The van der Waals surface area contributed by atoms with Gasteiger partial charge >= 0.3 is 0 Å². The minimum atomic E-state index is 0.282. The average Bonchev–Trinajstić information content (AvgIpc) is 2.60. The molecule has 0 unspecified atom stereocenters. The van der Waals surface area contributed by atoms with Crippen LogP contribution in [0.3, 0.4) is 0 Å². The number of benzene rings is 1. The molecule has 1 aromatic rings. The molecule has 0 saturated heterocycles. The molecule has 2 aliphatic carbocycles. The van der Waals surface area contributed by atoms with E-state index in [-0.39, 0.29) is 13.6 Å². The second-order valence-corrected chi connectivity index (χ2v) is 6.50. The summed E-state index contributed by atoms with van der Waals surface area (Å²) in [4.78, 5) is 0. The highest BCUT2D eigenvalue weighted by atomic mass is 16.7.